The normalized spacial score (nSPS) is 20.2. The molecule has 2 aliphatic heterocycles. The van der Waals surface area contributed by atoms with Crippen LogP contribution in [0.3, 0.4) is 0 Å². The number of nitrogens with zero attached hydrogens (tertiary/aromatic N) is 6. The molecule has 3 aromatic rings. The van der Waals surface area contributed by atoms with Crippen LogP contribution in [0.25, 0.3) is 5.69 Å². The molecule has 2 aromatic heterocycles. The van der Waals surface area contributed by atoms with Crippen molar-refractivity contribution in [3.63, 3.8) is 0 Å². The number of aromatic nitrogens is 4. The third-order valence-corrected chi connectivity index (χ3v) is 6.28. The van der Waals surface area contributed by atoms with Gasteiger partial charge in [-0.25, -0.2) is 4.98 Å². The number of amides is 1. The second kappa shape index (κ2) is 8.05. The Labute approximate surface area is 187 Å². The van der Waals surface area contributed by atoms with Crippen molar-refractivity contribution < 1.29 is 22.7 Å². The molecular weight excluding hydrogens is 437 g/mol. The lowest BCUT2D eigenvalue weighted by Crippen LogP contribution is -2.65. The highest BCUT2D eigenvalue weighted by Crippen LogP contribution is 2.38. The van der Waals surface area contributed by atoms with Crippen LogP contribution in [0.2, 0.25) is 0 Å². The highest BCUT2D eigenvalue weighted by atomic mass is 19.4. The summed E-state index contributed by atoms with van der Waals surface area (Å²) in [7, 11) is 1.54. The number of piperidine rings is 1. The maximum absolute atomic E-state index is 13.5. The smallest absolute Gasteiger partial charge is 0.416 e. The van der Waals surface area contributed by atoms with Gasteiger partial charge >= 0.3 is 6.18 Å². The number of anilines is 1. The van der Waals surface area contributed by atoms with Crippen LogP contribution in [0.4, 0.5) is 19.0 Å². The summed E-state index contributed by atoms with van der Waals surface area (Å²) in [6.45, 7) is 1.60. The Morgan fingerprint density at radius 3 is 2.61 bits per heavy atom. The minimum absolute atomic E-state index is 0.0804. The number of carbonyl (C=O) groups is 1. The summed E-state index contributed by atoms with van der Waals surface area (Å²) in [5.74, 6) is 0.977. The number of hydrogen-bond acceptors (Lipinski definition) is 6. The van der Waals surface area contributed by atoms with Gasteiger partial charge in [0.2, 0.25) is 0 Å². The molecule has 4 heterocycles. The van der Waals surface area contributed by atoms with Gasteiger partial charge in [-0.15, -0.1) is 0 Å². The summed E-state index contributed by atoms with van der Waals surface area (Å²) in [5.41, 5.74) is 0.194. The third-order valence-electron chi connectivity index (χ3n) is 6.28. The number of likely N-dealkylation sites (tertiary alicyclic amines) is 1. The highest BCUT2D eigenvalue weighted by Gasteiger charge is 2.45. The first kappa shape index (κ1) is 21.2. The third kappa shape index (κ3) is 3.87. The molecule has 172 valence electrons. The van der Waals surface area contributed by atoms with E-state index in [1.54, 1.807) is 23.1 Å². The maximum atomic E-state index is 13.5. The van der Waals surface area contributed by atoms with Crippen LogP contribution in [-0.2, 0) is 6.18 Å². The van der Waals surface area contributed by atoms with E-state index in [9.17, 15) is 18.0 Å². The summed E-state index contributed by atoms with van der Waals surface area (Å²) in [4.78, 5) is 22.6. The molecule has 0 saturated carbocycles. The average molecular weight is 458 g/mol. The van der Waals surface area contributed by atoms with Crippen LogP contribution in [-0.4, -0.2) is 63.6 Å². The van der Waals surface area contributed by atoms with Gasteiger partial charge in [0.25, 0.3) is 5.91 Å². The van der Waals surface area contributed by atoms with E-state index < -0.39 is 11.7 Å². The molecule has 8 nitrogen and oxygen atoms in total. The molecule has 0 N–H and O–H groups in total. The predicted molar refractivity (Wildman–Crippen MR) is 112 cm³/mol. The first-order valence-corrected chi connectivity index (χ1v) is 10.5. The van der Waals surface area contributed by atoms with E-state index >= 15 is 0 Å². The van der Waals surface area contributed by atoms with Crippen molar-refractivity contribution in [2.24, 2.45) is 5.92 Å². The van der Waals surface area contributed by atoms with Crippen LogP contribution in [0.15, 0.2) is 48.9 Å². The van der Waals surface area contributed by atoms with E-state index in [0.717, 1.165) is 18.6 Å². The van der Waals surface area contributed by atoms with Gasteiger partial charge in [0.15, 0.2) is 0 Å². The molecule has 0 aliphatic carbocycles. The van der Waals surface area contributed by atoms with Gasteiger partial charge in [0.1, 0.15) is 17.3 Å². The molecular formula is C22H21F3N6O2. The van der Waals surface area contributed by atoms with Crippen molar-refractivity contribution in [3.8, 4) is 11.4 Å². The van der Waals surface area contributed by atoms with E-state index in [0.29, 0.717) is 42.6 Å². The van der Waals surface area contributed by atoms with Crippen LogP contribution in [0, 0.1) is 5.92 Å². The molecule has 0 spiro atoms. The molecule has 33 heavy (non-hydrogen) atoms. The quantitative estimate of drug-likeness (QED) is 0.598. The van der Waals surface area contributed by atoms with Crippen molar-refractivity contribution >= 4 is 11.7 Å². The van der Waals surface area contributed by atoms with E-state index in [1.807, 2.05) is 4.90 Å². The van der Waals surface area contributed by atoms with Gasteiger partial charge in [-0.3, -0.25) is 4.79 Å². The van der Waals surface area contributed by atoms with E-state index in [4.69, 9.17) is 4.74 Å². The number of carbonyl (C=O) groups excluding carboxylic acids is 1. The Kier molecular flexibility index (Phi) is 5.18. The summed E-state index contributed by atoms with van der Waals surface area (Å²) < 4.78 is 44.7. The van der Waals surface area contributed by atoms with Gasteiger partial charge in [0, 0.05) is 37.8 Å². The number of halogens is 3. The Hall–Kier alpha value is -3.63. The number of ether oxygens (including phenoxy) is 1. The second-order valence-corrected chi connectivity index (χ2v) is 8.12. The van der Waals surface area contributed by atoms with Crippen molar-refractivity contribution in [2.75, 3.05) is 31.6 Å². The highest BCUT2D eigenvalue weighted by molar-refractivity contribution is 5.98. The standard InChI is InChI=1S/C22H21F3N6O2/c1-33-16-2-3-17(18(11-16)31-27-7-8-28-31)21(32)29-9-5-14-12-30(19(14)13-29)20-10-15(4-6-26-20)22(23,24)25/h2-4,6-8,10-11,14,19H,5,9,12-13H2,1H3/t14-,19-/m0/s1. The minimum Gasteiger partial charge on any atom is -0.497 e. The van der Waals surface area contributed by atoms with E-state index in [-0.39, 0.29) is 17.8 Å². The molecule has 2 fully saturated rings. The zero-order valence-electron chi connectivity index (χ0n) is 17.7. The topological polar surface area (TPSA) is 76.4 Å². The van der Waals surface area contributed by atoms with Gasteiger partial charge in [-0.1, -0.05) is 0 Å². The fraction of sp³-hybridized carbons (Fsp3) is 0.364. The average Bonchev–Trinajstić information content (AvgIpc) is 3.33. The number of methoxy groups -OCH3 is 1. The number of fused-ring (bicyclic) bond motifs is 1. The van der Waals surface area contributed by atoms with Crippen LogP contribution in [0.5, 0.6) is 5.75 Å². The van der Waals surface area contributed by atoms with Gasteiger partial charge in [0.05, 0.1) is 36.7 Å². The molecule has 2 atom stereocenters. The number of alkyl halides is 3. The number of rotatable bonds is 4. The molecule has 2 aliphatic rings. The molecule has 0 radical (unpaired) electrons. The van der Waals surface area contributed by atoms with E-state index in [2.05, 4.69) is 15.2 Å². The molecule has 1 aromatic carbocycles. The van der Waals surface area contributed by atoms with Crippen molar-refractivity contribution in [2.45, 2.75) is 18.6 Å². The zero-order valence-corrected chi connectivity index (χ0v) is 17.7. The second-order valence-electron chi connectivity index (χ2n) is 8.12. The largest absolute Gasteiger partial charge is 0.497 e. The number of hydrogen-bond donors (Lipinski definition) is 0. The fourth-order valence-corrected chi connectivity index (χ4v) is 4.49. The summed E-state index contributed by atoms with van der Waals surface area (Å²) >= 11 is 0. The number of pyridine rings is 1. The number of benzene rings is 1. The van der Waals surface area contributed by atoms with Crippen molar-refractivity contribution in [3.05, 3.63) is 60.0 Å². The van der Waals surface area contributed by atoms with Crippen molar-refractivity contribution in [1.82, 2.24) is 24.9 Å². The first-order valence-electron chi connectivity index (χ1n) is 10.5. The molecule has 5 rings (SSSR count). The van der Waals surface area contributed by atoms with Crippen LogP contribution in [0.1, 0.15) is 22.3 Å². The van der Waals surface area contributed by atoms with E-state index in [1.165, 1.54) is 30.5 Å². The lowest BCUT2D eigenvalue weighted by atomic mass is 9.82. The van der Waals surface area contributed by atoms with Crippen molar-refractivity contribution in [1.29, 1.82) is 0 Å². The Balaban J connectivity index is 1.38. The molecule has 2 saturated heterocycles. The molecule has 0 bridgehead atoms. The minimum atomic E-state index is -4.43. The SMILES string of the molecule is COc1ccc(C(=O)N2CC[C@H]3CN(c4cc(C(F)(F)F)ccn4)[C@H]3C2)c(-n2nccn2)c1. The van der Waals surface area contributed by atoms with Gasteiger partial charge < -0.3 is 14.5 Å². The molecule has 0 unspecified atom stereocenters. The Morgan fingerprint density at radius 2 is 1.88 bits per heavy atom. The van der Waals surface area contributed by atoms with Crippen LogP contribution >= 0.6 is 0 Å². The first-order chi connectivity index (χ1) is 15.8. The summed E-state index contributed by atoms with van der Waals surface area (Å²) in [6, 6.07) is 7.03. The van der Waals surface area contributed by atoms with Crippen LogP contribution < -0.4 is 9.64 Å². The Bertz CT molecular complexity index is 1170. The monoisotopic (exact) mass is 458 g/mol. The van der Waals surface area contributed by atoms with Gasteiger partial charge in [-0.2, -0.15) is 28.2 Å². The summed E-state index contributed by atoms with van der Waals surface area (Å²) in [6.07, 6.45) is 0.568. The Morgan fingerprint density at radius 1 is 1.09 bits per heavy atom. The lowest BCUT2D eigenvalue weighted by molar-refractivity contribution is -0.137. The molecule has 1 amide bonds. The maximum Gasteiger partial charge on any atom is 0.416 e. The fourth-order valence-electron chi connectivity index (χ4n) is 4.49. The zero-order chi connectivity index (χ0) is 23.2. The molecule has 11 heteroatoms. The lowest BCUT2D eigenvalue weighted by Gasteiger charge is -2.54. The predicted octanol–water partition coefficient (Wildman–Crippen LogP) is 3.04. The summed E-state index contributed by atoms with van der Waals surface area (Å²) in [5, 5.41) is 8.28. The van der Waals surface area contributed by atoms with Gasteiger partial charge in [-0.05, 0) is 30.7 Å².